The predicted molar refractivity (Wildman–Crippen MR) is 69.4 cm³/mol. The van der Waals surface area contributed by atoms with Crippen LogP contribution in [0.15, 0.2) is 39.4 Å². The highest BCUT2D eigenvalue weighted by Gasteiger charge is 2.21. The first-order valence-electron chi connectivity index (χ1n) is 5.02. The van der Waals surface area contributed by atoms with Gasteiger partial charge in [0.15, 0.2) is 12.9 Å². The molecule has 0 bridgehead atoms. The fraction of sp³-hybridized carbons (Fsp3) is 0.182. The highest BCUT2D eigenvalue weighted by atomic mass is 35.5. The first kappa shape index (κ1) is 11.9. The van der Waals surface area contributed by atoms with Crippen molar-refractivity contribution in [1.82, 2.24) is 0 Å². The average Bonchev–Trinajstić information content (AvgIpc) is 2.75. The molecule has 88 valence electrons. The van der Waals surface area contributed by atoms with Gasteiger partial charge in [0.2, 0.25) is 6.34 Å². The average molecular weight is 251 g/mol. The van der Waals surface area contributed by atoms with Gasteiger partial charge in [0.1, 0.15) is 0 Å². The minimum atomic E-state index is -0.852. The molecule has 1 heterocycles. The van der Waals surface area contributed by atoms with Crippen LogP contribution in [0.2, 0.25) is 5.02 Å². The maximum absolute atomic E-state index is 12.0. The number of rotatable bonds is 3. The molecule has 0 N–H and O–H groups in total. The molecule has 0 amide bonds. The number of quaternary nitrogens is 1. The first-order chi connectivity index (χ1) is 8.13. The number of aliphatic imine (C=N–C) groups is 2. The zero-order valence-corrected chi connectivity index (χ0v) is 10.0. The van der Waals surface area contributed by atoms with Crippen LogP contribution in [-0.4, -0.2) is 36.7 Å². The number of hydrogen-bond donors (Lipinski definition) is 0. The van der Waals surface area contributed by atoms with E-state index in [2.05, 4.69) is 15.1 Å². The number of hydrogen-bond acceptors (Lipinski definition) is 4. The standard InChI is InChI=1S/C11H11ClN4O/c1-13-11(6-16(17)8-14-7-15-16)9-2-4-10(12)5-3-9/h2-5,7-8H,6H2,1H3. The monoisotopic (exact) mass is 250 g/mol. The summed E-state index contributed by atoms with van der Waals surface area (Å²) in [5.41, 5.74) is 1.53. The summed E-state index contributed by atoms with van der Waals surface area (Å²) in [4.78, 5) is 7.82. The van der Waals surface area contributed by atoms with E-state index in [9.17, 15) is 5.21 Å². The summed E-state index contributed by atoms with van der Waals surface area (Å²) in [6.07, 6.45) is 2.49. The summed E-state index contributed by atoms with van der Waals surface area (Å²) in [5.74, 6) is 0. The molecule has 1 aliphatic rings. The number of nitrogens with zero attached hydrogens (tertiary/aromatic N) is 4. The Morgan fingerprint density at radius 1 is 1.41 bits per heavy atom. The van der Waals surface area contributed by atoms with Crippen LogP contribution in [0.4, 0.5) is 0 Å². The normalized spacial score (nSPS) is 23.4. The van der Waals surface area contributed by atoms with E-state index in [-0.39, 0.29) is 6.54 Å². The molecule has 0 aliphatic carbocycles. The van der Waals surface area contributed by atoms with E-state index in [0.29, 0.717) is 10.7 Å². The molecule has 0 spiro atoms. The van der Waals surface area contributed by atoms with Crippen molar-refractivity contribution in [2.75, 3.05) is 13.6 Å². The molecule has 0 saturated heterocycles. The van der Waals surface area contributed by atoms with Gasteiger partial charge in [0.25, 0.3) is 0 Å². The molecule has 0 aromatic heterocycles. The van der Waals surface area contributed by atoms with E-state index in [1.165, 1.54) is 12.7 Å². The lowest BCUT2D eigenvalue weighted by atomic mass is 10.1. The minimum absolute atomic E-state index is 0.123. The lowest BCUT2D eigenvalue weighted by molar-refractivity contribution is -0.775. The van der Waals surface area contributed by atoms with Crippen molar-refractivity contribution in [2.45, 2.75) is 0 Å². The Balaban J connectivity index is 2.21. The topological polar surface area (TPSA) is 60.1 Å². The Morgan fingerprint density at radius 3 is 2.65 bits per heavy atom. The van der Waals surface area contributed by atoms with Crippen molar-refractivity contribution in [1.29, 1.82) is 0 Å². The highest BCUT2D eigenvalue weighted by Crippen LogP contribution is 2.14. The van der Waals surface area contributed by atoms with Crippen molar-refractivity contribution in [3.63, 3.8) is 0 Å². The molecule has 1 aromatic rings. The van der Waals surface area contributed by atoms with Gasteiger partial charge >= 0.3 is 0 Å². The molecular weight excluding hydrogens is 240 g/mol. The van der Waals surface area contributed by atoms with Gasteiger partial charge in [-0.25, -0.2) is 0 Å². The number of hydroxylamine groups is 2. The van der Waals surface area contributed by atoms with Gasteiger partial charge in [-0.05, 0) is 12.1 Å². The van der Waals surface area contributed by atoms with Gasteiger partial charge in [0.05, 0.1) is 5.71 Å². The maximum Gasteiger partial charge on any atom is 0.219 e. The van der Waals surface area contributed by atoms with E-state index in [4.69, 9.17) is 11.6 Å². The fourth-order valence-electron chi connectivity index (χ4n) is 1.51. The Bertz CT molecular complexity index is 481. The maximum atomic E-state index is 12.0. The molecule has 2 rings (SSSR count). The second kappa shape index (κ2) is 4.75. The molecule has 0 radical (unpaired) electrons. The first-order valence-corrected chi connectivity index (χ1v) is 5.39. The van der Waals surface area contributed by atoms with Gasteiger partial charge in [-0.1, -0.05) is 28.8 Å². The fourth-order valence-corrected chi connectivity index (χ4v) is 1.64. The second-order valence-electron chi connectivity index (χ2n) is 3.59. The Morgan fingerprint density at radius 2 is 2.12 bits per heavy atom. The van der Waals surface area contributed by atoms with E-state index in [0.717, 1.165) is 5.56 Å². The number of benzene rings is 1. The van der Waals surface area contributed by atoms with Crippen molar-refractivity contribution in [3.8, 4) is 0 Å². The van der Waals surface area contributed by atoms with Gasteiger partial charge < -0.3 is 5.21 Å². The summed E-state index contributed by atoms with van der Waals surface area (Å²) >= 11 is 5.81. The summed E-state index contributed by atoms with van der Waals surface area (Å²) in [7, 11) is 1.65. The third-order valence-corrected chi connectivity index (χ3v) is 2.64. The minimum Gasteiger partial charge on any atom is -0.598 e. The van der Waals surface area contributed by atoms with Gasteiger partial charge in [-0.2, -0.15) is 9.75 Å². The lowest BCUT2D eigenvalue weighted by Gasteiger charge is -2.27. The zero-order valence-electron chi connectivity index (χ0n) is 9.25. The Hall–Kier alpha value is -1.56. The molecule has 0 saturated carbocycles. The molecule has 1 aliphatic heterocycles. The Labute approximate surface area is 104 Å². The molecule has 1 aromatic carbocycles. The molecule has 1 unspecified atom stereocenters. The molecule has 0 fully saturated rings. The number of halogens is 1. The van der Waals surface area contributed by atoms with E-state index >= 15 is 0 Å². The molecule has 17 heavy (non-hydrogen) atoms. The smallest absolute Gasteiger partial charge is 0.219 e. The van der Waals surface area contributed by atoms with Crippen LogP contribution in [-0.2, 0) is 0 Å². The summed E-state index contributed by atoms with van der Waals surface area (Å²) in [5, 5.41) is 16.4. The molecule has 5 nitrogen and oxygen atoms in total. The van der Waals surface area contributed by atoms with E-state index in [1.54, 1.807) is 19.2 Å². The van der Waals surface area contributed by atoms with Gasteiger partial charge in [-0.3, -0.25) is 4.99 Å². The van der Waals surface area contributed by atoms with Crippen LogP contribution in [0.1, 0.15) is 5.56 Å². The predicted octanol–water partition coefficient (Wildman–Crippen LogP) is 2.06. The third-order valence-electron chi connectivity index (χ3n) is 2.38. The largest absolute Gasteiger partial charge is 0.598 e. The summed E-state index contributed by atoms with van der Waals surface area (Å²) < 4.78 is -0.852. The van der Waals surface area contributed by atoms with Crippen LogP contribution in [0.3, 0.4) is 0 Å². The van der Waals surface area contributed by atoms with Crippen molar-refractivity contribution in [3.05, 3.63) is 40.1 Å². The van der Waals surface area contributed by atoms with Gasteiger partial charge in [-0.15, -0.1) is 0 Å². The van der Waals surface area contributed by atoms with Crippen LogP contribution in [0.5, 0.6) is 0 Å². The highest BCUT2D eigenvalue weighted by molar-refractivity contribution is 6.30. The van der Waals surface area contributed by atoms with E-state index < -0.39 is 4.76 Å². The molecule has 6 heteroatoms. The Kier molecular flexibility index (Phi) is 3.33. The summed E-state index contributed by atoms with van der Waals surface area (Å²) in [6, 6.07) is 7.18. The van der Waals surface area contributed by atoms with Crippen molar-refractivity contribution in [2.24, 2.45) is 15.1 Å². The SMILES string of the molecule is CN=C(C[N+]1([O-])C=NC=N1)c1ccc(Cl)cc1. The van der Waals surface area contributed by atoms with Crippen LogP contribution in [0, 0.1) is 5.21 Å². The third kappa shape index (κ3) is 2.76. The molecular formula is C11H11ClN4O. The van der Waals surface area contributed by atoms with Crippen LogP contribution < -0.4 is 0 Å². The van der Waals surface area contributed by atoms with Crippen molar-refractivity contribution < 1.29 is 4.76 Å². The van der Waals surface area contributed by atoms with Crippen LogP contribution in [0.25, 0.3) is 0 Å². The molecule has 1 atom stereocenters. The lowest BCUT2D eigenvalue weighted by Crippen LogP contribution is -2.38. The summed E-state index contributed by atoms with van der Waals surface area (Å²) in [6.45, 7) is 0.123. The van der Waals surface area contributed by atoms with Gasteiger partial charge in [0, 0.05) is 17.6 Å². The zero-order chi connectivity index (χ0) is 12.3. The van der Waals surface area contributed by atoms with Crippen LogP contribution >= 0.6 is 11.6 Å². The quantitative estimate of drug-likeness (QED) is 0.460. The van der Waals surface area contributed by atoms with E-state index in [1.807, 2.05) is 12.1 Å². The van der Waals surface area contributed by atoms with Crippen molar-refractivity contribution >= 4 is 30.0 Å². The second-order valence-corrected chi connectivity index (χ2v) is 4.02.